The maximum atomic E-state index is 12.9. The van der Waals surface area contributed by atoms with Gasteiger partial charge in [-0.3, -0.25) is 9.89 Å². The first-order valence-electron chi connectivity index (χ1n) is 11.6. The SMILES string of the molecule is FC(F)(F)Oc1cccc(CN2CCC3=C(C2)CN(Cc2ccc(C(F)(F)F)cc2)C2=NCCN23)c1. The van der Waals surface area contributed by atoms with E-state index in [1.807, 2.05) is 0 Å². The first-order valence-corrected chi connectivity index (χ1v) is 11.6. The zero-order chi connectivity index (χ0) is 25.5. The van der Waals surface area contributed by atoms with Crippen molar-refractivity contribution >= 4 is 5.96 Å². The van der Waals surface area contributed by atoms with Crippen LogP contribution in [0.1, 0.15) is 23.1 Å². The Morgan fingerprint density at radius 3 is 2.36 bits per heavy atom. The molecule has 0 unspecified atom stereocenters. The summed E-state index contributed by atoms with van der Waals surface area (Å²) in [5, 5.41) is 0. The molecular formula is C25H24F6N4O. The van der Waals surface area contributed by atoms with Crippen LogP contribution >= 0.6 is 0 Å². The van der Waals surface area contributed by atoms with Crippen molar-refractivity contribution < 1.29 is 31.1 Å². The molecule has 0 saturated carbocycles. The second kappa shape index (κ2) is 9.34. The van der Waals surface area contributed by atoms with Crippen LogP contribution in [-0.4, -0.2) is 59.7 Å². The van der Waals surface area contributed by atoms with Gasteiger partial charge in [0.05, 0.1) is 12.1 Å². The Morgan fingerprint density at radius 2 is 1.64 bits per heavy atom. The summed E-state index contributed by atoms with van der Waals surface area (Å²) in [6, 6.07) is 11.2. The van der Waals surface area contributed by atoms with Crippen molar-refractivity contribution in [3.63, 3.8) is 0 Å². The number of halogens is 6. The lowest BCUT2D eigenvalue weighted by Crippen LogP contribution is -2.50. The van der Waals surface area contributed by atoms with Gasteiger partial charge in [-0.1, -0.05) is 24.3 Å². The van der Waals surface area contributed by atoms with Crippen LogP contribution in [0.5, 0.6) is 5.75 Å². The molecule has 36 heavy (non-hydrogen) atoms. The standard InChI is InChI=1S/C25H24F6N4O/c26-24(27,28)20-6-4-17(5-7-20)14-34-16-19-15-33(10-8-22(19)35-11-9-32-23(34)35)13-18-2-1-3-21(12-18)36-25(29,30)31/h1-7,12H,8-11,13-16H2. The number of nitrogens with zero attached hydrogens (tertiary/aromatic N) is 4. The van der Waals surface area contributed by atoms with E-state index in [-0.39, 0.29) is 5.75 Å². The molecular weight excluding hydrogens is 486 g/mol. The number of hydrogen-bond acceptors (Lipinski definition) is 5. The molecule has 3 aliphatic rings. The molecule has 3 aliphatic heterocycles. The summed E-state index contributed by atoms with van der Waals surface area (Å²) in [5.41, 5.74) is 3.22. The van der Waals surface area contributed by atoms with E-state index in [2.05, 4.69) is 24.4 Å². The van der Waals surface area contributed by atoms with Gasteiger partial charge in [-0.2, -0.15) is 13.2 Å². The van der Waals surface area contributed by atoms with E-state index < -0.39 is 18.1 Å². The molecule has 3 heterocycles. The average Bonchev–Trinajstić information content (AvgIpc) is 3.28. The lowest BCUT2D eigenvalue weighted by Gasteiger charge is -2.43. The number of aliphatic imine (C=N–C) groups is 1. The zero-order valence-electron chi connectivity index (χ0n) is 19.2. The summed E-state index contributed by atoms with van der Waals surface area (Å²) >= 11 is 0. The maximum absolute atomic E-state index is 12.9. The van der Waals surface area contributed by atoms with Gasteiger partial charge in [0, 0.05) is 51.4 Å². The highest BCUT2D eigenvalue weighted by molar-refractivity contribution is 5.85. The largest absolute Gasteiger partial charge is 0.573 e. The quantitative estimate of drug-likeness (QED) is 0.515. The van der Waals surface area contributed by atoms with Crippen molar-refractivity contribution in [1.82, 2.24) is 14.7 Å². The van der Waals surface area contributed by atoms with Gasteiger partial charge in [0.25, 0.3) is 0 Å². The van der Waals surface area contributed by atoms with Crippen LogP contribution in [0.4, 0.5) is 26.3 Å². The molecule has 0 amide bonds. The first-order chi connectivity index (χ1) is 17.0. The second-order valence-corrected chi connectivity index (χ2v) is 9.09. The third kappa shape index (κ3) is 5.45. The summed E-state index contributed by atoms with van der Waals surface area (Å²) < 4.78 is 80.6. The minimum Gasteiger partial charge on any atom is -0.406 e. The lowest BCUT2D eigenvalue weighted by atomic mass is 10.0. The van der Waals surface area contributed by atoms with E-state index in [9.17, 15) is 26.3 Å². The maximum Gasteiger partial charge on any atom is 0.573 e. The molecule has 0 aliphatic carbocycles. The summed E-state index contributed by atoms with van der Waals surface area (Å²) in [7, 11) is 0. The highest BCUT2D eigenvalue weighted by Crippen LogP contribution is 2.33. The number of guanidine groups is 1. The Kier molecular flexibility index (Phi) is 6.36. The number of hydrogen-bond donors (Lipinski definition) is 0. The third-order valence-electron chi connectivity index (χ3n) is 6.49. The van der Waals surface area contributed by atoms with E-state index in [1.165, 1.54) is 35.5 Å². The topological polar surface area (TPSA) is 31.3 Å². The lowest BCUT2D eigenvalue weighted by molar-refractivity contribution is -0.274. The van der Waals surface area contributed by atoms with Crippen LogP contribution in [0.2, 0.25) is 0 Å². The van der Waals surface area contributed by atoms with Gasteiger partial charge >= 0.3 is 12.5 Å². The Balaban J connectivity index is 1.29. The van der Waals surface area contributed by atoms with Gasteiger partial charge in [0.2, 0.25) is 5.96 Å². The highest BCUT2D eigenvalue weighted by Gasteiger charge is 2.36. The molecule has 5 rings (SSSR count). The van der Waals surface area contributed by atoms with Gasteiger partial charge in [-0.25, -0.2) is 0 Å². The van der Waals surface area contributed by atoms with Crippen LogP contribution in [0, 0.1) is 0 Å². The Bertz CT molecular complexity index is 1170. The molecule has 0 fully saturated rings. The first kappa shape index (κ1) is 24.5. The predicted molar refractivity (Wildman–Crippen MR) is 121 cm³/mol. The van der Waals surface area contributed by atoms with E-state index >= 15 is 0 Å². The van der Waals surface area contributed by atoms with E-state index in [1.54, 1.807) is 12.1 Å². The van der Waals surface area contributed by atoms with Crippen LogP contribution < -0.4 is 4.74 Å². The normalized spacial score (nSPS) is 18.8. The molecule has 0 bridgehead atoms. The molecule has 192 valence electrons. The van der Waals surface area contributed by atoms with Crippen molar-refractivity contribution in [2.75, 3.05) is 32.7 Å². The summed E-state index contributed by atoms with van der Waals surface area (Å²) in [5.74, 6) is 0.606. The minimum absolute atomic E-state index is 0.241. The summed E-state index contributed by atoms with van der Waals surface area (Å²) in [6.07, 6.45) is -8.32. The zero-order valence-corrected chi connectivity index (χ0v) is 19.2. The number of alkyl halides is 6. The molecule has 0 atom stereocenters. The summed E-state index contributed by atoms with van der Waals surface area (Å²) in [4.78, 5) is 11.1. The van der Waals surface area contributed by atoms with Gasteiger partial charge in [-0.15, -0.1) is 13.2 Å². The van der Waals surface area contributed by atoms with Gasteiger partial charge in [0.15, 0.2) is 0 Å². The number of fused-ring (bicyclic) bond motifs is 2. The molecule has 2 aromatic rings. The fraction of sp³-hybridized carbons (Fsp3) is 0.400. The minimum atomic E-state index is -4.74. The average molecular weight is 510 g/mol. The van der Waals surface area contributed by atoms with E-state index in [0.717, 1.165) is 48.7 Å². The smallest absolute Gasteiger partial charge is 0.406 e. The molecule has 2 aromatic carbocycles. The Labute approximate surface area is 204 Å². The van der Waals surface area contributed by atoms with Gasteiger partial charge < -0.3 is 14.5 Å². The molecule has 0 spiro atoms. The number of benzene rings is 2. The van der Waals surface area contributed by atoms with Crippen molar-refractivity contribution in [2.45, 2.75) is 32.0 Å². The Morgan fingerprint density at radius 1 is 0.861 bits per heavy atom. The molecule has 0 radical (unpaired) electrons. The molecule has 0 saturated heterocycles. The van der Waals surface area contributed by atoms with Gasteiger partial charge in [-0.05, 0) is 41.0 Å². The van der Waals surface area contributed by atoms with Crippen LogP contribution in [0.3, 0.4) is 0 Å². The molecule has 5 nitrogen and oxygen atoms in total. The van der Waals surface area contributed by atoms with Crippen molar-refractivity contribution in [1.29, 1.82) is 0 Å². The fourth-order valence-corrected chi connectivity index (χ4v) is 4.99. The van der Waals surface area contributed by atoms with Crippen molar-refractivity contribution in [3.8, 4) is 5.75 Å². The van der Waals surface area contributed by atoms with Crippen LogP contribution in [-0.2, 0) is 19.3 Å². The Hall–Kier alpha value is -3.21. The fourth-order valence-electron chi connectivity index (χ4n) is 4.99. The van der Waals surface area contributed by atoms with Crippen molar-refractivity contribution in [3.05, 3.63) is 76.5 Å². The number of ether oxygens (including phenoxy) is 1. The summed E-state index contributed by atoms with van der Waals surface area (Å²) in [6.45, 7) is 4.32. The molecule has 0 aromatic heterocycles. The van der Waals surface area contributed by atoms with E-state index in [4.69, 9.17) is 0 Å². The monoisotopic (exact) mass is 510 g/mol. The van der Waals surface area contributed by atoms with Gasteiger partial charge in [0.1, 0.15) is 5.75 Å². The van der Waals surface area contributed by atoms with Crippen LogP contribution in [0.15, 0.2) is 64.8 Å². The van der Waals surface area contributed by atoms with E-state index in [0.29, 0.717) is 32.7 Å². The number of rotatable bonds is 5. The molecule has 0 N–H and O–H groups in total. The third-order valence-corrected chi connectivity index (χ3v) is 6.49. The highest BCUT2D eigenvalue weighted by atomic mass is 19.4. The second-order valence-electron chi connectivity index (χ2n) is 9.09. The van der Waals surface area contributed by atoms with Crippen LogP contribution in [0.25, 0.3) is 0 Å². The van der Waals surface area contributed by atoms with Crippen molar-refractivity contribution in [2.24, 2.45) is 4.99 Å². The predicted octanol–water partition coefficient (Wildman–Crippen LogP) is 5.25. The molecule has 11 heteroatoms.